The van der Waals surface area contributed by atoms with Gasteiger partial charge in [-0.25, -0.2) is 0 Å². The number of hydrogen-bond donors (Lipinski definition) is 2. The normalized spacial score (nSPS) is 17.6. The SMILES string of the molecule is Cc1ccc2[nH]cc(C(C(=O)O)N3CCN(C=O)CC3)c2c1. The summed E-state index contributed by atoms with van der Waals surface area (Å²) in [5.74, 6) is -0.859. The van der Waals surface area contributed by atoms with Gasteiger partial charge >= 0.3 is 5.97 Å². The molecule has 0 saturated carbocycles. The summed E-state index contributed by atoms with van der Waals surface area (Å²) in [7, 11) is 0. The molecule has 0 bridgehead atoms. The number of aromatic amines is 1. The number of carbonyl (C=O) groups excluding carboxylic acids is 1. The summed E-state index contributed by atoms with van der Waals surface area (Å²) in [4.78, 5) is 29.4. The van der Waals surface area contributed by atoms with Crippen molar-refractivity contribution in [3.8, 4) is 0 Å². The number of nitrogens with one attached hydrogen (secondary N) is 1. The number of benzene rings is 1. The summed E-state index contributed by atoms with van der Waals surface area (Å²) in [6.45, 7) is 4.25. The zero-order chi connectivity index (χ0) is 15.7. The fourth-order valence-electron chi connectivity index (χ4n) is 3.07. The Balaban J connectivity index is 1.95. The zero-order valence-electron chi connectivity index (χ0n) is 12.5. The number of nitrogens with zero attached hydrogens (tertiary/aromatic N) is 2. The predicted octanol–water partition coefficient (Wildman–Crippen LogP) is 1.38. The van der Waals surface area contributed by atoms with Gasteiger partial charge in [0.1, 0.15) is 6.04 Å². The van der Waals surface area contributed by atoms with Gasteiger partial charge in [0.15, 0.2) is 0 Å². The average molecular weight is 301 g/mol. The number of carboxylic acids is 1. The second-order valence-electron chi connectivity index (χ2n) is 5.71. The highest BCUT2D eigenvalue weighted by Gasteiger charge is 2.31. The smallest absolute Gasteiger partial charge is 0.325 e. The van der Waals surface area contributed by atoms with Crippen LogP contribution in [-0.2, 0) is 9.59 Å². The Hall–Kier alpha value is -2.34. The van der Waals surface area contributed by atoms with E-state index in [1.807, 2.05) is 30.0 Å². The quantitative estimate of drug-likeness (QED) is 0.836. The van der Waals surface area contributed by atoms with E-state index in [9.17, 15) is 14.7 Å². The van der Waals surface area contributed by atoms with E-state index in [0.717, 1.165) is 28.4 Å². The van der Waals surface area contributed by atoms with Crippen LogP contribution in [0.1, 0.15) is 17.2 Å². The molecule has 22 heavy (non-hydrogen) atoms. The fourth-order valence-corrected chi connectivity index (χ4v) is 3.07. The number of rotatable bonds is 4. The lowest BCUT2D eigenvalue weighted by atomic mass is 10.0. The van der Waals surface area contributed by atoms with Gasteiger partial charge in [-0.15, -0.1) is 0 Å². The molecule has 1 amide bonds. The first-order valence-electron chi connectivity index (χ1n) is 7.34. The van der Waals surface area contributed by atoms with Crippen LogP contribution in [0.3, 0.4) is 0 Å². The summed E-state index contributed by atoms with van der Waals surface area (Å²) in [6, 6.07) is 5.29. The fraction of sp³-hybridized carbons (Fsp3) is 0.375. The van der Waals surface area contributed by atoms with E-state index in [2.05, 4.69) is 4.98 Å². The monoisotopic (exact) mass is 301 g/mol. The van der Waals surface area contributed by atoms with Crippen molar-refractivity contribution >= 4 is 23.3 Å². The van der Waals surface area contributed by atoms with E-state index in [4.69, 9.17) is 0 Å². The van der Waals surface area contributed by atoms with Gasteiger partial charge in [0.05, 0.1) is 0 Å². The molecule has 0 aliphatic carbocycles. The molecule has 1 atom stereocenters. The number of fused-ring (bicyclic) bond motifs is 1. The lowest BCUT2D eigenvalue weighted by molar-refractivity contribution is -0.144. The summed E-state index contributed by atoms with van der Waals surface area (Å²) in [5.41, 5.74) is 2.83. The Bertz CT molecular complexity index is 702. The molecule has 0 spiro atoms. The van der Waals surface area contributed by atoms with Crippen molar-refractivity contribution in [3.05, 3.63) is 35.5 Å². The molecule has 6 nitrogen and oxygen atoms in total. The molecular weight excluding hydrogens is 282 g/mol. The number of amides is 1. The zero-order valence-corrected chi connectivity index (χ0v) is 12.5. The minimum absolute atomic E-state index is 0.564. The molecule has 1 unspecified atom stereocenters. The van der Waals surface area contributed by atoms with Crippen molar-refractivity contribution in [2.45, 2.75) is 13.0 Å². The largest absolute Gasteiger partial charge is 0.480 e. The van der Waals surface area contributed by atoms with Crippen molar-refractivity contribution in [2.75, 3.05) is 26.2 Å². The Morgan fingerprint density at radius 2 is 2.05 bits per heavy atom. The molecule has 2 N–H and O–H groups in total. The molecule has 1 fully saturated rings. The van der Waals surface area contributed by atoms with E-state index in [-0.39, 0.29) is 0 Å². The maximum absolute atomic E-state index is 11.8. The van der Waals surface area contributed by atoms with Gasteiger partial charge in [0.25, 0.3) is 0 Å². The number of aliphatic carboxylic acids is 1. The van der Waals surface area contributed by atoms with E-state index in [1.54, 1.807) is 11.1 Å². The summed E-state index contributed by atoms with van der Waals surface area (Å²) in [5, 5.41) is 10.7. The Morgan fingerprint density at radius 1 is 1.32 bits per heavy atom. The molecule has 1 aliphatic heterocycles. The van der Waals surface area contributed by atoms with Crippen molar-refractivity contribution in [2.24, 2.45) is 0 Å². The maximum Gasteiger partial charge on any atom is 0.325 e. The van der Waals surface area contributed by atoms with Gasteiger partial charge in [-0.2, -0.15) is 0 Å². The van der Waals surface area contributed by atoms with E-state index in [1.165, 1.54) is 0 Å². The van der Waals surface area contributed by atoms with Gasteiger partial charge in [-0.3, -0.25) is 14.5 Å². The molecule has 1 saturated heterocycles. The number of hydrogen-bond acceptors (Lipinski definition) is 3. The number of carbonyl (C=O) groups is 2. The lowest BCUT2D eigenvalue weighted by Gasteiger charge is -2.36. The van der Waals surface area contributed by atoms with Crippen LogP contribution in [-0.4, -0.2) is 58.4 Å². The third-order valence-corrected chi connectivity index (χ3v) is 4.26. The highest BCUT2D eigenvalue weighted by Crippen LogP contribution is 2.30. The van der Waals surface area contributed by atoms with Gasteiger partial charge in [0.2, 0.25) is 6.41 Å². The molecule has 1 aromatic carbocycles. The van der Waals surface area contributed by atoms with Gasteiger partial charge < -0.3 is 15.0 Å². The van der Waals surface area contributed by atoms with E-state index < -0.39 is 12.0 Å². The van der Waals surface area contributed by atoms with Gasteiger partial charge in [-0.1, -0.05) is 11.6 Å². The maximum atomic E-state index is 11.8. The molecule has 1 aromatic heterocycles. The third-order valence-electron chi connectivity index (χ3n) is 4.26. The first kappa shape index (κ1) is 14.6. The highest BCUT2D eigenvalue weighted by molar-refractivity contribution is 5.89. The molecule has 0 radical (unpaired) electrons. The van der Waals surface area contributed by atoms with Crippen LogP contribution in [0, 0.1) is 6.92 Å². The van der Waals surface area contributed by atoms with Crippen LogP contribution in [0.4, 0.5) is 0 Å². The molecule has 6 heteroatoms. The standard InChI is InChI=1S/C16H19N3O3/c1-11-2-3-14-12(8-11)13(9-17-14)15(16(21)22)19-6-4-18(10-20)5-7-19/h2-3,8-10,15,17H,4-7H2,1H3,(H,21,22). The summed E-state index contributed by atoms with van der Waals surface area (Å²) >= 11 is 0. The summed E-state index contributed by atoms with van der Waals surface area (Å²) < 4.78 is 0. The second kappa shape index (κ2) is 5.81. The number of piperazine rings is 1. The van der Waals surface area contributed by atoms with Gasteiger partial charge in [0, 0.05) is 48.8 Å². The second-order valence-corrected chi connectivity index (χ2v) is 5.71. The first-order valence-corrected chi connectivity index (χ1v) is 7.34. The first-order chi connectivity index (χ1) is 10.6. The number of aromatic nitrogens is 1. The van der Waals surface area contributed by atoms with Crippen LogP contribution in [0.25, 0.3) is 10.9 Å². The Kier molecular flexibility index (Phi) is 3.85. The van der Waals surface area contributed by atoms with Crippen molar-refractivity contribution in [1.29, 1.82) is 0 Å². The Morgan fingerprint density at radius 3 is 2.68 bits per heavy atom. The van der Waals surface area contributed by atoms with Crippen molar-refractivity contribution in [1.82, 2.24) is 14.8 Å². The van der Waals surface area contributed by atoms with E-state index in [0.29, 0.717) is 26.2 Å². The molecule has 2 aromatic rings. The number of H-pyrrole nitrogens is 1. The topological polar surface area (TPSA) is 76.6 Å². The summed E-state index contributed by atoms with van der Waals surface area (Å²) in [6.07, 6.45) is 2.61. The molecular formula is C16H19N3O3. The third kappa shape index (κ3) is 2.57. The number of carboxylic acid groups (broad SMARTS) is 1. The number of aryl methyl sites for hydroxylation is 1. The molecule has 1 aliphatic rings. The Labute approximate surface area is 128 Å². The lowest BCUT2D eigenvalue weighted by Crippen LogP contribution is -2.48. The minimum atomic E-state index is -0.859. The van der Waals surface area contributed by atoms with Crippen molar-refractivity contribution in [3.63, 3.8) is 0 Å². The van der Waals surface area contributed by atoms with Crippen LogP contribution < -0.4 is 0 Å². The molecule has 3 rings (SSSR count). The average Bonchev–Trinajstić information content (AvgIpc) is 2.91. The molecule has 2 heterocycles. The molecule has 116 valence electrons. The van der Waals surface area contributed by atoms with Crippen molar-refractivity contribution < 1.29 is 14.7 Å². The van der Waals surface area contributed by atoms with E-state index >= 15 is 0 Å². The highest BCUT2D eigenvalue weighted by atomic mass is 16.4. The van der Waals surface area contributed by atoms with Crippen LogP contribution in [0.5, 0.6) is 0 Å². The van der Waals surface area contributed by atoms with Crippen LogP contribution in [0.15, 0.2) is 24.4 Å². The van der Waals surface area contributed by atoms with Crippen LogP contribution in [0.2, 0.25) is 0 Å². The minimum Gasteiger partial charge on any atom is -0.480 e. The van der Waals surface area contributed by atoms with Crippen LogP contribution >= 0.6 is 0 Å². The predicted molar refractivity (Wildman–Crippen MR) is 82.6 cm³/mol. The van der Waals surface area contributed by atoms with Gasteiger partial charge in [-0.05, 0) is 19.1 Å².